The van der Waals surface area contributed by atoms with E-state index in [1.807, 2.05) is 11.3 Å². The summed E-state index contributed by atoms with van der Waals surface area (Å²) in [6.07, 6.45) is 2.14. The Hall–Kier alpha value is -5.18. The normalized spacial score (nSPS) is 13.2. The van der Waals surface area contributed by atoms with Crippen LogP contribution in [0.15, 0.2) is 152 Å². The van der Waals surface area contributed by atoms with E-state index in [2.05, 4.69) is 170 Å². The van der Waals surface area contributed by atoms with Crippen LogP contribution in [-0.2, 0) is 5.41 Å². The zero-order valence-corrected chi connectivity index (χ0v) is 27.5. The number of benzene rings is 7. The molecule has 7 aromatic carbocycles. The summed E-state index contributed by atoms with van der Waals surface area (Å²) < 4.78 is 2.67. The standard InChI is InChI=1S/C45H35NS/c1-3-45(4-2)39-18-10-8-15-34(39)35-26-25-33(29-40(35)45)46(32-23-21-31(22-24-32)30-13-6-5-7-14-30)41-19-12-17-37-36(41)27-28-43-44(37)38-16-9-11-20-42(38)47-43/h5-29H,3-4H2,1-2H3. The highest BCUT2D eigenvalue weighted by molar-refractivity contribution is 7.26. The summed E-state index contributed by atoms with van der Waals surface area (Å²) in [7, 11) is 0. The average molecular weight is 622 g/mol. The minimum absolute atomic E-state index is 0.00524. The molecule has 0 atom stereocenters. The van der Waals surface area contributed by atoms with Crippen molar-refractivity contribution < 1.29 is 0 Å². The average Bonchev–Trinajstić information content (AvgIpc) is 3.66. The van der Waals surface area contributed by atoms with Crippen molar-refractivity contribution >= 4 is 59.3 Å². The summed E-state index contributed by atoms with van der Waals surface area (Å²) in [6, 6.07) is 56.3. The Kier molecular flexibility index (Phi) is 6.55. The molecule has 0 aliphatic heterocycles. The maximum atomic E-state index is 2.49. The molecule has 47 heavy (non-hydrogen) atoms. The van der Waals surface area contributed by atoms with E-state index in [1.165, 1.54) is 75.7 Å². The van der Waals surface area contributed by atoms with Gasteiger partial charge >= 0.3 is 0 Å². The molecule has 2 heteroatoms. The fraction of sp³-hybridized carbons (Fsp3) is 0.111. The van der Waals surface area contributed by atoms with Crippen molar-refractivity contribution in [3.8, 4) is 22.3 Å². The van der Waals surface area contributed by atoms with Crippen LogP contribution in [0.1, 0.15) is 37.8 Å². The van der Waals surface area contributed by atoms with Gasteiger partial charge in [0.15, 0.2) is 0 Å². The minimum Gasteiger partial charge on any atom is -0.310 e. The molecule has 0 spiro atoms. The van der Waals surface area contributed by atoms with Gasteiger partial charge < -0.3 is 4.90 Å². The monoisotopic (exact) mass is 621 g/mol. The van der Waals surface area contributed by atoms with Crippen LogP contribution in [0.5, 0.6) is 0 Å². The van der Waals surface area contributed by atoms with Crippen molar-refractivity contribution in [2.24, 2.45) is 0 Å². The van der Waals surface area contributed by atoms with Gasteiger partial charge in [-0.1, -0.05) is 123 Å². The third kappa shape index (κ3) is 4.21. The fourth-order valence-electron chi connectivity index (χ4n) is 8.21. The molecule has 0 saturated heterocycles. The first-order chi connectivity index (χ1) is 23.2. The number of fused-ring (bicyclic) bond motifs is 8. The molecule has 0 unspecified atom stereocenters. The van der Waals surface area contributed by atoms with E-state index in [0.29, 0.717) is 0 Å². The Morgan fingerprint density at radius 3 is 2.00 bits per heavy atom. The molecule has 0 radical (unpaired) electrons. The SMILES string of the molecule is CCC1(CC)c2ccccc2-c2ccc(N(c3ccc(-c4ccccc4)cc3)c3cccc4c3ccc3sc5ccccc5c34)cc21. The fourth-order valence-corrected chi connectivity index (χ4v) is 9.34. The van der Waals surface area contributed by atoms with Crippen molar-refractivity contribution in [1.82, 2.24) is 0 Å². The van der Waals surface area contributed by atoms with Crippen LogP contribution in [0, 0.1) is 0 Å². The van der Waals surface area contributed by atoms with Crippen LogP contribution in [0.25, 0.3) is 53.2 Å². The van der Waals surface area contributed by atoms with Crippen LogP contribution < -0.4 is 4.90 Å². The molecule has 1 aliphatic carbocycles. The van der Waals surface area contributed by atoms with Gasteiger partial charge in [0.25, 0.3) is 0 Å². The Morgan fingerprint density at radius 2 is 1.17 bits per heavy atom. The van der Waals surface area contributed by atoms with E-state index < -0.39 is 0 Å². The summed E-state index contributed by atoms with van der Waals surface area (Å²) in [6.45, 7) is 4.70. The maximum absolute atomic E-state index is 2.49. The molecule has 8 aromatic rings. The van der Waals surface area contributed by atoms with Gasteiger partial charge in [-0.05, 0) is 94.1 Å². The van der Waals surface area contributed by atoms with Crippen molar-refractivity contribution in [1.29, 1.82) is 0 Å². The predicted octanol–water partition coefficient (Wildman–Crippen LogP) is 13.4. The van der Waals surface area contributed by atoms with Gasteiger partial charge in [-0.25, -0.2) is 0 Å². The highest BCUT2D eigenvalue weighted by atomic mass is 32.1. The summed E-state index contributed by atoms with van der Waals surface area (Å²) in [4.78, 5) is 2.48. The quantitative estimate of drug-likeness (QED) is 0.179. The van der Waals surface area contributed by atoms with Crippen LogP contribution in [0.4, 0.5) is 17.1 Å². The second kappa shape index (κ2) is 11.0. The molecule has 9 rings (SSSR count). The minimum atomic E-state index is 0.00524. The van der Waals surface area contributed by atoms with Gasteiger partial charge in [0.05, 0.1) is 5.69 Å². The molecule has 1 aliphatic rings. The molecule has 0 saturated carbocycles. The van der Waals surface area contributed by atoms with Gasteiger partial charge in [-0.2, -0.15) is 0 Å². The van der Waals surface area contributed by atoms with E-state index in [4.69, 9.17) is 0 Å². The van der Waals surface area contributed by atoms with Gasteiger partial charge in [-0.3, -0.25) is 0 Å². The summed E-state index contributed by atoms with van der Waals surface area (Å²) in [5.74, 6) is 0. The largest absolute Gasteiger partial charge is 0.310 e. The second-order valence-corrected chi connectivity index (χ2v) is 13.8. The second-order valence-electron chi connectivity index (χ2n) is 12.7. The van der Waals surface area contributed by atoms with Crippen molar-refractivity contribution in [3.63, 3.8) is 0 Å². The first kappa shape index (κ1) is 28.1. The summed E-state index contributed by atoms with van der Waals surface area (Å²) >= 11 is 1.88. The van der Waals surface area contributed by atoms with Crippen molar-refractivity contribution in [3.05, 3.63) is 163 Å². The molecule has 0 N–H and O–H groups in total. The lowest BCUT2D eigenvalue weighted by molar-refractivity contribution is 0.490. The number of hydrogen-bond acceptors (Lipinski definition) is 2. The van der Waals surface area contributed by atoms with Crippen LogP contribution in [0.2, 0.25) is 0 Å². The number of thiophene rings is 1. The molecular formula is C45H35NS. The highest BCUT2D eigenvalue weighted by Gasteiger charge is 2.40. The van der Waals surface area contributed by atoms with Crippen LogP contribution in [-0.4, -0.2) is 0 Å². The molecule has 1 aromatic heterocycles. The Labute approximate surface area is 280 Å². The van der Waals surface area contributed by atoms with Crippen molar-refractivity contribution in [2.45, 2.75) is 32.1 Å². The molecule has 0 fully saturated rings. The maximum Gasteiger partial charge on any atom is 0.0540 e. The van der Waals surface area contributed by atoms with E-state index in [9.17, 15) is 0 Å². The first-order valence-electron chi connectivity index (χ1n) is 16.7. The van der Waals surface area contributed by atoms with Gasteiger partial charge in [0.2, 0.25) is 0 Å². The lowest BCUT2D eigenvalue weighted by Gasteiger charge is -2.32. The van der Waals surface area contributed by atoms with Crippen LogP contribution in [0.3, 0.4) is 0 Å². The van der Waals surface area contributed by atoms with E-state index >= 15 is 0 Å². The molecule has 0 amide bonds. The van der Waals surface area contributed by atoms with E-state index in [-0.39, 0.29) is 5.41 Å². The zero-order chi connectivity index (χ0) is 31.5. The lowest BCUT2D eigenvalue weighted by Crippen LogP contribution is -2.23. The topological polar surface area (TPSA) is 3.24 Å². The number of anilines is 3. The highest BCUT2D eigenvalue weighted by Crippen LogP contribution is 2.54. The van der Waals surface area contributed by atoms with E-state index in [1.54, 1.807) is 0 Å². The van der Waals surface area contributed by atoms with E-state index in [0.717, 1.165) is 18.5 Å². The van der Waals surface area contributed by atoms with Crippen LogP contribution >= 0.6 is 11.3 Å². The Bertz CT molecular complexity index is 2430. The number of rotatable bonds is 6. The summed E-state index contributed by atoms with van der Waals surface area (Å²) in [5.41, 5.74) is 11.7. The molecule has 226 valence electrons. The zero-order valence-electron chi connectivity index (χ0n) is 26.7. The first-order valence-corrected chi connectivity index (χ1v) is 17.5. The van der Waals surface area contributed by atoms with Gasteiger partial charge in [-0.15, -0.1) is 11.3 Å². The third-order valence-electron chi connectivity index (χ3n) is 10.6. The number of hydrogen-bond donors (Lipinski definition) is 0. The lowest BCUT2D eigenvalue weighted by atomic mass is 9.74. The molecule has 0 bridgehead atoms. The summed E-state index contributed by atoms with van der Waals surface area (Å²) in [5, 5.41) is 5.25. The third-order valence-corrected chi connectivity index (χ3v) is 11.7. The Balaban J connectivity index is 1.29. The Morgan fingerprint density at radius 1 is 0.489 bits per heavy atom. The smallest absolute Gasteiger partial charge is 0.0540 e. The molecule has 1 heterocycles. The van der Waals surface area contributed by atoms with Gasteiger partial charge in [0.1, 0.15) is 0 Å². The molecule has 1 nitrogen and oxygen atoms in total. The molecular weight excluding hydrogens is 587 g/mol. The predicted molar refractivity (Wildman–Crippen MR) is 204 cm³/mol. The van der Waals surface area contributed by atoms with Crippen molar-refractivity contribution in [2.75, 3.05) is 4.90 Å². The number of nitrogens with zero attached hydrogens (tertiary/aromatic N) is 1. The van der Waals surface area contributed by atoms with Gasteiger partial charge in [0, 0.05) is 42.3 Å².